The molecule has 1 amide bonds. The van der Waals surface area contributed by atoms with Crippen LogP contribution in [0.25, 0.3) is 11.1 Å². The molecule has 0 radical (unpaired) electrons. The topological polar surface area (TPSA) is 76.4 Å². The van der Waals surface area contributed by atoms with E-state index in [1.54, 1.807) is 12.1 Å². The van der Waals surface area contributed by atoms with Crippen LogP contribution in [0.4, 0.5) is 10.5 Å². The minimum absolute atomic E-state index is 0.481. The summed E-state index contributed by atoms with van der Waals surface area (Å²) in [5.41, 5.74) is 5.04. The summed E-state index contributed by atoms with van der Waals surface area (Å²) < 4.78 is 7.87. The predicted molar refractivity (Wildman–Crippen MR) is 110 cm³/mol. The van der Waals surface area contributed by atoms with Gasteiger partial charge in [-0.2, -0.15) is 5.10 Å². The number of ether oxygens (including phenoxy) is 1. The van der Waals surface area contributed by atoms with Gasteiger partial charge in [0.1, 0.15) is 6.73 Å². The van der Waals surface area contributed by atoms with Crippen LogP contribution in [-0.4, -0.2) is 35.7 Å². The van der Waals surface area contributed by atoms with Gasteiger partial charge in [-0.05, 0) is 43.5 Å². The maximum absolute atomic E-state index is 10.8. The zero-order chi connectivity index (χ0) is 19.6. The molecule has 6 nitrogen and oxygen atoms in total. The molecular formula is C20H29N3O3Si. The molecule has 1 aliphatic carbocycles. The number of hydrogen-bond donors (Lipinski definition) is 2. The van der Waals surface area contributed by atoms with Crippen molar-refractivity contribution in [2.45, 2.75) is 58.1 Å². The highest BCUT2D eigenvalue weighted by Crippen LogP contribution is 2.45. The minimum Gasteiger partial charge on any atom is -0.465 e. The van der Waals surface area contributed by atoms with E-state index in [2.05, 4.69) is 31.9 Å². The Hall–Kier alpha value is -2.12. The molecule has 0 unspecified atom stereocenters. The smallest absolute Gasteiger partial charge is 0.409 e. The number of hydrogen-bond acceptors (Lipinski definition) is 3. The Labute approximate surface area is 161 Å². The van der Waals surface area contributed by atoms with Crippen LogP contribution in [0.1, 0.15) is 30.1 Å². The standard InChI is InChI=1S/C20H29N3O3Si/c1-14-18(15-7-9-17(10-8-15)21-20(24)25)19(16-5-6-16)22-23(14)13-26-11-12-27(2,3)4/h7-10,16,21H,5-6,11-13H2,1-4H3,(H,24,25). The van der Waals surface area contributed by atoms with Crippen molar-refractivity contribution in [1.29, 1.82) is 0 Å². The number of benzene rings is 1. The molecule has 146 valence electrons. The molecule has 1 fully saturated rings. The first-order valence-corrected chi connectivity index (χ1v) is 13.2. The van der Waals surface area contributed by atoms with Gasteiger partial charge < -0.3 is 9.84 Å². The average Bonchev–Trinajstić information content (AvgIpc) is 3.36. The molecule has 27 heavy (non-hydrogen) atoms. The highest BCUT2D eigenvalue weighted by molar-refractivity contribution is 6.76. The molecule has 2 N–H and O–H groups in total. The Morgan fingerprint density at radius 2 is 1.96 bits per heavy atom. The molecular weight excluding hydrogens is 358 g/mol. The number of rotatable bonds is 8. The molecule has 2 aromatic rings. The first-order valence-electron chi connectivity index (χ1n) is 9.50. The van der Waals surface area contributed by atoms with E-state index in [0.717, 1.165) is 35.2 Å². The van der Waals surface area contributed by atoms with Crippen molar-refractivity contribution in [2.24, 2.45) is 0 Å². The fourth-order valence-electron chi connectivity index (χ4n) is 3.07. The lowest BCUT2D eigenvalue weighted by Gasteiger charge is -2.15. The molecule has 1 heterocycles. The number of nitrogens with one attached hydrogen (secondary N) is 1. The molecule has 7 heteroatoms. The van der Waals surface area contributed by atoms with Gasteiger partial charge in [0.05, 0.1) is 5.69 Å². The fourth-order valence-corrected chi connectivity index (χ4v) is 3.82. The van der Waals surface area contributed by atoms with E-state index in [-0.39, 0.29) is 0 Å². The second kappa shape index (κ2) is 7.86. The van der Waals surface area contributed by atoms with Gasteiger partial charge in [-0.3, -0.25) is 5.32 Å². The number of anilines is 1. The van der Waals surface area contributed by atoms with Crippen LogP contribution < -0.4 is 5.32 Å². The van der Waals surface area contributed by atoms with Gasteiger partial charge in [-0.1, -0.05) is 31.8 Å². The van der Waals surface area contributed by atoms with Gasteiger partial charge in [0.2, 0.25) is 0 Å². The van der Waals surface area contributed by atoms with Gasteiger partial charge in [-0.25, -0.2) is 9.48 Å². The van der Waals surface area contributed by atoms with Crippen molar-refractivity contribution in [3.8, 4) is 11.1 Å². The Kier molecular flexibility index (Phi) is 5.71. The van der Waals surface area contributed by atoms with E-state index in [1.165, 1.54) is 12.8 Å². The van der Waals surface area contributed by atoms with Gasteiger partial charge in [-0.15, -0.1) is 0 Å². The summed E-state index contributed by atoms with van der Waals surface area (Å²) in [6.45, 7) is 10.4. The molecule has 1 saturated carbocycles. The predicted octanol–water partition coefficient (Wildman–Crippen LogP) is 5.14. The lowest BCUT2D eigenvalue weighted by Crippen LogP contribution is -2.22. The van der Waals surface area contributed by atoms with E-state index in [4.69, 9.17) is 14.9 Å². The summed E-state index contributed by atoms with van der Waals surface area (Å²) in [5, 5.41) is 16.1. The lowest BCUT2D eigenvalue weighted by molar-refractivity contribution is 0.0769. The molecule has 0 spiro atoms. The van der Waals surface area contributed by atoms with E-state index in [0.29, 0.717) is 18.3 Å². The first-order chi connectivity index (χ1) is 12.7. The summed E-state index contributed by atoms with van der Waals surface area (Å²) in [6.07, 6.45) is 1.30. The Morgan fingerprint density at radius 1 is 1.30 bits per heavy atom. The summed E-state index contributed by atoms with van der Waals surface area (Å²) in [4.78, 5) is 10.8. The quantitative estimate of drug-likeness (QED) is 0.486. The average molecular weight is 388 g/mol. The third-order valence-electron chi connectivity index (χ3n) is 4.83. The van der Waals surface area contributed by atoms with Crippen molar-refractivity contribution < 1.29 is 14.6 Å². The van der Waals surface area contributed by atoms with Crippen LogP contribution in [0.5, 0.6) is 0 Å². The van der Waals surface area contributed by atoms with Gasteiger partial charge >= 0.3 is 6.09 Å². The maximum Gasteiger partial charge on any atom is 0.409 e. The van der Waals surface area contributed by atoms with Crippen molar-refractivity contribution in [1.82, 2.24) is 9.78 Å². The lowest BCUT2D eigenvalue weighted by atomic mass is 10.0. The highest BCUT2D eigenvalue weighted by Gasteiger charge is 2.31. The summed E-state index contributed by atoms with van der Waals surface area (Å²) >= 11 is 0. The third-order valence-corrected chi connectivity index (χ3v) is 6.54. The van der Waals surface area contributed by atoms with Crippen molar-refractivity contribution in [2.75, 3.05) is 11.9 Å². The number of aromatic nitrogens is 2. The van der Waals surface area contributed by atoms with Crippen molar-refractivity contribution >= 4 is 19.9 Å². The van der Waals surface area contributed by atoms with Gasteiger partial charge in [0, 0.05) is 37.5 Å². The monoisotopic (exact) mass is 387 g/mol. The molecule has 0 bridgehead atoms. The Bertz CT molecular complexity index is 805. The van der Waals surface area contributed by atoms with E-state index in [9.17, 15) is 4.79 Å². The molecule has 0 aliphatic heterocycles. The maximum atomic E-state index is 10.8. The fraction of sp³-hybridized carbons (Fsp3) is 0.500. The molecule has 3 rings (SSSR count). The highest BCUT2D eigenvalue weighted by atomic mass is 28.3. The minimum atomic E-state index is -1.09. The van der Waals surface area contributed by atoms with Crippen LogP contribution in [0.2, 0.25) is 25.7 Å². The first kappa shape index (κ1) is 19.6. The van der Waals surface area contributed by atoms with Crippen LogP contribution in [0.3, 0.4) is 0 Å². The largest absolute Gasteiger partial charge is 0.465 e. The van der Waals surface area contributed by atoms with Crippen LogP contribution in [0, 0.1) is 6.92 Å². The second-order valence-electron chi connectivity index (χ2n) is 8.47. The molecule has 1 aliphatic rings. The molecule has 1 aromatic carbocycles. The molecule has 1 aromatic heterocycles. The zero-order valence-corrected chi connectivity index (χ0v) is 17.6. The van der Waals surface area contributed by atoms with Crippen LogP contribution >= 0.6 is 0 Å². The Morgan fingerprint density at radius 3 is 2.52 bits per heavy atom. The summed E-state index contributed by atoms with van der Waals surface area (Å²) in [6, 6.07) is 8.64. The third kappa shape index (κ3) is 5.20. The SMILES string of the molecule is Cc1c(-c2ccc(NC(=O)O)cc2)c(C2CC2)nn1COCC[Si](C)(C)C. The second-order valence-corrected chi connectivity index (χ2v) is 14.1. The number of amides is 1. The van der Waals surface area contributed by atoms with E-state index >= 15 is 0 Å². The zero-order valence-electron chi connectivity index (χ0n) is 16.6. The Balaban J connectivity index is 1.78. The van der Waals surface area contributed by atoms with Crippen LogP contribution in [0.15, 0.2) is 24.3 Å². The number of carbonyl (C=O) groups is 1. The molecule has 0 saturated heterocycles. The van der Waals surface area contributed by atoms with E-state index in [1.807, 2.05) is 16.8 Å². The summed E-state index contributed by atoms with van der Waals surface area (Å²) in [7, 11) is -1.09. The van der Waals surface area contributed by atoms with Crippen molar-refractivity contribution in [3.05, 3.63) is 35.7 Å². The normalized spacial score (nSPS) is 14.4. The summed E-state index contributed by atoms with van der Waals surface area (Å²) in [5.74, 6) is 0.527. The van der Waals surface area contributed by atoms with Crippen LogP contribution in [-0.2, 0) is 11.5 Å². The number of nitrogens with zero attached hydrogens (tertiary/aromatic N) is 2. The van der Waals surface area contributed by atoms with E-state index < -0.39 is 14.2 Å². The number of carboxylic acid groups (broad SMARTS) is 1. The molecule has 0 atom stereocenters. The van der Waals surface area contributed by atoms with Gasteiger partial charge in [0.15, 0.2) is 0 Å². The van der Waals surface area contributed by atoms with Gasteiger partial charge in [0.25, 0.3) is 0 Å². The van der Waals surface area contributed by atoms with Crippen molar-refractivity contribution in [3.63, 3.8) is 0 Å².